The van der Waals surface area contributed by atoms with Crippen LogP contribution in [0.2, 0.25) is 0 Å². The van der Waals surface area contributed by atoms with Gasteiger partial charge in [0.25, 0.3) is 11.8 Å². The van der Waals surface area contributed by atoms with Crippen LogP contribution in [0.25, 0.3) is 11.4 Å². The fourth-order valence-electron chi connectivity index (χ4n) is 1.43. The lowest BCUT2D eigenvalue weighted by Crippen LogP contribution is -2.36. The molecule has 0 aromatic carbocycles. The van der Waals surface area contributed by atoms with E-state index < -0.39 is 5.91 Å². The van der Waals surface area contributed by atoms with E-state index in [1.54, 1.807) is 17.6 Å². The predicted molar refractivity (Wildman–Crippen MR) is 72.8 cm³/mol. The average molecular weight is 292 g/mol. The second-order valence-electron chi connectivity index (χ2n) is 3.72. The Hall–Kier alpha value is -2.32. The number of rotatable bonds is 5. The first-order valence-corrected chi connectivity index (χ1v) is 6.59. The monoisotopic (exact) mass is 292 g/mol. The van der Waals surface area contributed by atoms with Crippen molar-refractivity contribution in [2.24, 2.45) is 0 Å². The number of nitrogens with zero attached hydrogens (tertiary/aromatic N) is 2. The summed E-state index contributed by atoms with van der Waals surface area (Å²) in [5, 5.41) is 4.33. The van der Waals surface area contributed by atoms with Gasteiger partial charge in [0.1, 0.15) is 0 Å². The zero-order valence-electron chi connectivity index (χ0n) is 10.6. The number of hydroxylamine groups is 1. The number of thiazole rings is 1. The van der Waals surface area contributed by atoms with E-state index in [4.69, 9.17) is 0 Å². The van der Waals surface area contributed by atoms with Crippen molar-refractivity contribution in [2.75, 3.05) is 13.7 Å². The summed E-state index contributed by atoms with van der Waals surface area (Å²) in [6.07, 6.45) is 1.44. The van der Waals surface area contributed by atoms with Gasteiger partial charge in [0.15, 0.2) is 0 Å². The molecule has 7 nitrogen and oxygen atoms in total. The smallest absolute Gasteiger partial charge is 0.262 e. The Labute approximate surface area is 119 Å². The van der Waals surface area contributed by atoms with Crippen LogP contribution in [0, 0.1) is 0 Å². The molecule has 0 aliphatic rings. The summed E-state index contributed by atoms with van der Waals surface area (Å²) in [5.41, 5.74) is 5.65. The molecule has 104 valence electrons. The third-order valence-electron chi connectivity index (χ3n) is 2.35. The van der Waals surface area contributed by atoms with Crippen LogP contribution in [-0.4, -0.2) is 35.4 Å². The number of nitrogens with one attached hydrogen (secondary N) is 2. The Morgan fingerprint density at radius 1 is 1.30 bits per heavy atom. The minimum absolute atomic E-state index is 0.166. The lowest BCUT2D eigenvalue weighted by molar-refractivity contribution is -0.130. The number of aromatic nitrogens is 2. The lowest BCUT2D eigenvalue weighted by atomic mass is 10.2. The minimum atomic E-state index is -0.437. The van der Waals surface area contributed by atoms with Gasteiger partial charge in [-0.05, 0) is 12.1 Å². The van der Waals surface area contributed by atoms with E-state index in [0.717, 1.165) is 5.69 Å². The Bertz CT molecular complexity index is 583. The molecular formula is C12H12N4O3S. The first-order valence-electron chi connectivity index (χ1n) is 5.65. The van der Waals surface area contributed by atoms with Gasteiger partial charge in [0, 0.05) is 11.6 Å². The summed E-state index contributed by atoms with van der Waals surface area (Å²) in [6, 6.07) is 3.34. The van der Waals surface area contributed by atoms with Gasteiger partial charge in [-0.2, -0.15) is 0 Å². The van der Waals surface area contributed by atoms with Crippen LogP contribution < -0.4 is 10.8 Å². The largest absolute Gasteiger partial charge is 0.343 e. The van der Waals surface area contributed by atoms with Crippen molar-refractivity contribution < 1.29 is 14.4 Å². The van der Waals surface area contributed by atoms with Crippen LogP contribution in [0.4, 0.5) is 0 Å². The van der Waals surface area contributed by atoms with E-state index in [-0.39, 0.29) is 12.5 Å². The van der Waals surface area contributed by atoms with Crippen LogP contribution in [0.3, 0.4) is 0 Å². The maximum Gasteiger partial charge on any atom is 0.262 e. The van der Waals surface area contributed by atoms with Gasteiger partial charge in [0.05, 0.1) is 36.1 Å². The van der Waals surface area contributed by atoms with Crippen LogP contribution in [0.1, 0.15) is 10.4 Å². The van der Waals surface area contributed by atoms with Gasteiger partial charge in [-0.1, -0.05) is 0 Å². The first kappa shape index (κ1) is 14.1. The number of carbonyl (C=O) groups is 2. The standard InChI is InChI=1S/C12H12N4O3S/c1-19-16-11(17)5-14-12(18)8-2-3-9(13-4-8)10-6-20-7-15-10/h2-4,6-7H,5H2,1H3,(H,14,18)(H,16,17). The Balaban J connectivity index is 1.96. The van der Waals surface area contributed by atoms with Crippen LogP contribution in [0.5, 0.6) is 0 Å². The molecule has 0 saturated heterocycles. The van der Waals surface area contributed by atoms with Crippen LogP contribution in [-0.2, 0) is 9.63 Å². The normalized spacial score (nSPS) is 10.1. The molecular weight excluding hydrogens is 280 g/mol. The van der Waals surface area contributed by atoms with Gasteiger partial charge >= 0.3 is 0 Å². The molecule has 2 aromatic rings. The SMILES string of the molecule is CONC(=O)CNC(=O)c1ccc(-c2cscn2)nc1. The number of carbonyl (C=O) groups excluding carboxylic acids is 2. The fourth-order valence-corrected chi connectivity index (χ4v) is 1.98. The highest BCUT2D eigenvalue weighted by atomic mass is 32.1. The molecule has 0 fully saturated rings. The molecule has 20 heavy (non-hydrogen) atoms. The molecule has 0 aliphatic heterocycles. The topological polar surface area (TPSA) is 93.2 Å². The molecule has 2 heterocycles. The second-order valence-corrected chi connectivity index (χ2v) is 4.44. The quantitative estimate of drug-likeness (QED) is 0.788. The van der Waals surface area contributed by atoms with Crippen molar-refractivity contribution in [3.63, 3.8) is 0 Å². The molecule has 0 saturated carbocycles. The Kier molecular flexibility index (Phi) is 4.75. The van der Waals surface area contributed by atoms with Crippen molar-refractivity contribution in [2.45, 2.75) is 0 Å². The third-order valence-corrected chi connectivity index (χ3v) is 2.93. The Morgan fingerprint density at radius 3 is 2.75 bits per heavy atom. The van der Waals surface area contributed by atoms with Crippen molar-refractivity contribution in [1.29, 1.82) is 0 Å². The highest BCUT2D eigenvalue weighted by molar-refractivity contribution is 7.07. The molecule has 0 bridgehead atoms. The van der Waals surface area contributed by atoms with Crippen molar-refractivity contribution in [3.05, 3.63) is 34.8 Å². The van der Waals surface area contributed by atoms with Crippen LogP contribution in [0.15, 0.2) is 29.2 Å². The zero-order valence-corrected chi connectivity index (χ0v) is 11.4. The number of pyridine rings is 1. The van der Waals surface area contributed by atoms with Gasteiger partial charge in [-0.25, -0.2) is 10.5 Å². The van der Waals surface area contributed by atoms with Crippen molar-refractivity contribution in [3.8, 4) is 11.4 Å². The van der Waals surface area contributed by atoms with E-state index in [2.05, 4.69) is 25.6 Å². The number of hydrogen-bond donors (Lipinski definition) is 2. The average Bonchev–Trinajstić information content (AvgIpc) is 2.99. The van der Waals surface area contributed by atoms with E-state index >= 15 is 0 Å². The second kappa shape index (κ2) is 6.73. The van der Waals surface area contributed by atoms with Gasteiger partial charge in [-0.3, -0.25) is 19.4 Å². The summed E-state index contributed by atoms with van der Waals surface area (Å²) in [5.74, 6) is -0.818. The van der Waals surface area contributed by atoms with E-state index in [0.29, 0.717) is 11.3 Å². The summed E-state index contributed by atoms with van der Waals surface area (Å²) < 4.78 is 0. The Morgan fingerprint density at radius 2 is 2.15 bits per heavy atom. The minimum Gasteiger partial charge on any atom is -0.343 e. The summed E-state index contributed by atoms with van der Waals surface area (Å²) in [7, 11) is 1.32. The van der Waals surface area contributed by atoms with E-state index in [1.165, 1.54) is 24.6 Å². The maximum atomic E-state index is 11.8. The molecule has 0 aliphatic carbocycles. The van der Waals surface area contributed by atoms with Gasteiger partial charge < -0.3 is 5.32 Å². The molecule has 2 aromatic heterocycles. The highest BCUT2D eigenvalue weighted by Gasteiger charge is 2.09. The van der Waals surface area contributed by atoms with E-state index in [1.807, 2.05) is 5.38 Å². The zero-order chi connectivity index (χ0) is 14.4. The first-order chi connectivity index (χ1) is 9.70. The lowest BCUT2D eigenvalue weighted by Gasteiger charge is -2.05. The van der Waals surface area contributed by atoms with E-state index in [9.17, 15) is 9.59 Å². The van der Waals surface area contributed by atoms with Gasteiger partial charge in [-0.15, -0.1) is 11.3 Å². The fraction of sp³-hybridized carbons (Fsp3) is 0.167. The van der Waals surface area contributed by atoms with Crippen LogP contribution >= 0.6 is 11.3 Å². The molecule has 0 unspecified atom stereocenters. The molecule has 0 spiro atoms. The number of amides is 2. The maximum absolute atomic E-state index is 11.8. The van der Waals surface area contributed by atoms with Gasteiger partial charge in [0.2, 0.25) is 0 Å². The summed E-state index contributed by atoms with van der Waals surface area (Å²) >= 11 is 1.47. The molecule has 0 atom stereocenters. The van der Waals surface area contributed by atoms with Crippen molar-refractivity contribution >= 4 is 23.2 Å². The summed E-state index contributed by atoms with van der Waals surface area (Å²) in [6.45, 7) is -0.166. The number of hydrogen-bond acceptors (Lipinski definition) is 6. The highest BCUT2D eigenvalue weighted by Crippen LogP contribution is 2.16. The molecule has 2 rings (SSSR count). The molecule has 8 heteroatoms. The molecule has 0 radical (unpaired) electrons. The van der Waals surface area contributed by atoms with Crippen molar-refractivity contribution in [1.82, 2.24) is 20.8 Å². The molecule has 2 amide bonds. The predicted octanol–water partition coefficient (Wildman–Crippen LogP) is 0.613. The third kappa shape index (κ3) is 3.59. The molecule has 2 N–H and O–H groups in total. The summed E-state index contributed by atoms with van der Waals surface area (Å²) in [4.78, 5) is 35.6.